The molecule has 8 heteroatoms. The van der Waals surface area contributed by atoms with E-state index < -0.39 is 17.5 Å². The largest absolute Gasteiger partial charge is 0.342 e. The fourth-order valence-electron chi connectivity index (χ4n) is 3.14. The molecule has 4 nitrogen and oxygen atoms in total. The van der Waals surface area contributed by atoms with Gasteiger partial charge in [-0.2, -0.15) is 0 Å². The van der Waals surface area contributed by atoms with E-state index in [4.69, 9.17) is 11.6 Å². The van der Waals surface area contributed by atoms with Crippen LogP contribution in [0.15, 0.2) is 42.5 Å². The van der Waals surface area contributed by atoms with Gasteiger partial charge >= 0.3 is 0 Å². The second-order valence-electron chi connectivity index (χ2n) is 6.91. The highest BCUT2D eigenvalue weighted by atomic mass is 35.5. The molecule has 1 N–H and O–H groups in total. The van der Waals surface area contributed by atoms with Crippen molar-refractivity contribution in [1.29, 1.82) is 0 Å². The van der Waals surface area contributed by atoms with E-state index in [-0.39, 0.29) is 30.6 Å². The molecule has 3 aromatic rings. The van der Waals surface area contributed by atoms with Gasteiger partial charge in [0.2, 0.25) is 5.91 Å². The summed E-state index contributed by atoms with van der Waals surface area (Å²) >= 11 is 7.57. The SMILES string of the molecule is O=C(NCC(=O)N(Cc1ccc(F)cc1F)C1CC1)c1sc2ccccc2c1Cl. The van der Waals surface area contributed by atoms with E-state index in [1.165, 1.54) is 28.4 Å². The maximum atomic E-state index is 14.0. The van der Waals surface area contributed by atoms with E-state index >= 15 is 0 Å². The molecular weight excluding hydrogens is 418 g/mol. The lowest BCUT2D eigenvalue weighted by Gasteiger charge is -2.23. The van der Waals surface area contributed by atoms with Crippen LogP contribution in [0.3, 0.4) is 0 Å². The molecule has 29 heavy (non-hydrogen) atoms. The summed E-state index contributed by atoms with van der Waals surface area (Å²) in [7, 11) is 0. The summed E-state index contributed by atoms with van der Waals surface area (Å²) in [5.41, 5.74) is 0.241. The normalized spacial score (nSPS) is 13.5. The third kappa shape index (κ3) is 4.26. The number of nitrogens with one attached hydrogen (secondary N) is 1. The second kappa shape index (κ2) is 8.08. The maximum Gasteiger partial charge on any atom is 0.263 e. The summed E-state index contributed by atoms with van der Waals surface area (Å²) in [6.07, 6.45) is 1.65. The first-order valence-electron chi connectivity index (χ1n) is 9.12. The number of nitrogens with zero attached hydrogens (tertiary/aromatic N) is 1. The summed E-state index contributed by atoms with van der Waals surface area (Å²) in [4.78, 5) is 27.1. The summed E-state index contributed by atoms with van der Waals surface area (Å²) in [6.45, 7) is -0.183. The predicted molar refractivity (Wildman–Crippen MR) is 109 cm³/mol. The van der Waals surface area contributed by atoms with Crippen LogP contribution in [-0.2, 0) is 11.3 Å². The Kier molecular flexibility index (Phi) is 5.52. The molecule has 2 aromatic carbocycles. The van der Waals surface area contributed by atoms with Crippen molar-refractivity contribution in [2.45, 2.75) is 25.4 Å². The van der Waals surface area contributed by atoms with Gasteiger partial charge in [-0.3, -0.25) is 9.59 Å². The van der Waals surface area contributed by atoms with Gasteiger partial charge in [-0.15, -0.1) is 11.3 Å². The van der Waals surface area contributed by atoms with E-state index in [1.54, 1.807) is 0 Å². The zero-order valence-corrected chi connectivity index (χ0v) is 16.8. The highest BCUT2D eigenvalue weighted by molar-refractivity contribution is 7.21. The zero-order valence-electron chi connectivity index (χ0n) is 15.3. The molecule has 2 amide bonds. The molecule has 0 saturated heterocycles. The Morgan fingerprint density at radius 1 is 1.17 bits per heavy atom. The number of fused-ring (bicyclic) bond motifs is 1. The lowest BCUT2D eigenvalue weighted by Crippen LogP contribution is -2.41. The van der Waals surface area contributed by atoms with Crippen molar-refractivity contribution < 1.29 is 18.4 Å². The summed E-state index contributed by atoms with van der Waals surface area (Å²) in [5, 5.41) is 3.77. The Bertz CT molecular complexity index is 1100. The standard InChI is InChI=1S/C21H17ClF2N2O2S/c22-19-15-3-1-2-4-17(15)29-20(19)21(28)25-10-18(27)26(14-7-8-14)11-12-5-6-13(23)9-16(12)24/h1-6,9,14H,7-8,10-11H2,(H,25,28). The molecule has 0 unspecified atom stereocenters. The number of amides is 2. The highest BCUT2D eigenvalue weighted by Crippen LogP contribution is 2.35. The van der Waals surface area contributed by atoms with E-state index in [0.717, 1.165) is 29.0 Å². The minimum Gasteiger partial charge on any atom is -0.342 e. The lowest BCUT2D eigenvalue weighted by atomic mass is 10.2. The van der Waals surface area contributed by atoms with Crippen molar-refractivity contribution in [1.82, 2.24) is 10.2 Å². The van der Waals surface area contributed by atoms with Crippen molar-refractivity contribution in [3.8, 4) is 0 Å². The minimum absolute atomic E-state index is 0.0109. The highest BCUT2D eigenvalue weighted by Gasteiger charge is 2.33. The number of thiophene rings is 1. The molecule has 0 bridgehead atoms. The fourth-order valence-corrected chi connectivity index (χ4v) is 4.57. The maximum absolute atomic E-state index is 14.0. The summed E-state index contributed by atoms with van der Waals surface area (Å²) in [6, 6.07) is 10.7. The smallest absolute Gasteiger partial charge is 0.263 e. The van der Waals surface area contributed by atoms with Crippen LogP contribution in [0, 0.1) is 11.6 Å². The van der Waals surface area contributed by atoms with E-state index in [2.05, 4.69) is 5.32 Å². The van der Waals surface area contributed by atoms with Gasteiger partial charge in [-0.25, -0.2) is 8.78 Å². The van der Waals surface area contributed by atoms with E-state index in [9.17, 15) is 18.4 Å². The van der Waals surface area contributed by atoms with Crippen LogP contribution >= 0.6 is 22.9 Å². The van der Waals surface area contributed by atoms with Crippen molar-refractivity contribution in [3.63, 3.8) is 0 Å². The molecule has 0 spiro atoms. The molecule has 1 fully saturated rings. The quantitative estimate of drug-likeness (QED) is 0.608. The number of carbonyl (C=O) groups excluding carboxylic acids is 2. The average Bonchev–Trinajstić information content (AvgIpc) is 3.49. The molecule has 0 radical (unpaired) electrons. The Morgan fingerprint density at radius 3 is 2.62 bits per heavy atom. The van der Waals surface area contributed by atoms with Crippen molar-refractivity contribution in [2.24, 2.45) is 0 Å². The number of benzene rings is 2. The number of carbonyl (C=O) groups is 2. The molecule has 4 rings (SSSR count). The minimum atomic E-state index is -0.690. The van der Waals surface area contributed by atoms with Crippen LogP contribution in [0.2, 0.25) is 5.02 Å². The van der Waals surface area contributed by atoms with Gasteiger partial charge < -0.3 is 10.2 Å². The molecule has 150 valence electrons. The van der Waals surface area contributed by atoms with Crippen LogP contribution in [0.25, 0.3) is 10.1 Å². The first-order chi connectivity index (χ1) is 13.9. The Morgan fingerprint density at radius 2 is 1.93 bits per heavy atom. The first kappa shape index (κ1) is 19.8. The van der Waals surface area contributed by atoms with Gasteiger partial charge in [0.1, 0.15) is 16.5 Å². The molecule has 1 aliphatic carbocycles. The molecule has 1 saturated carbocycles. The van der Waals surface area contributed by atoms with E-state index in [1.807, 2.05) is 24.3 Å². The predicted octanol–water partition coefficient (Wildman–Crippen LogP) is 4.75. The number of halogens is 3. The van der Waals surface area contributed by atoms with Crippen LogP contribution in [0.4, 0.5) is 8.78 Å². The Balaban J connectivity index is 1.44. The summed E-state index contributed by atoms with van der Waals surface area (Å²) in [5.74, 6) is -2.09. The van der Waals surface area contributed by atoms with Gasteiger partial charge in [0, 0.05) is 34.3 Å². The van der Waals surface area contributed by atoms with Crippen LogP contribution in [-0.4, -0.2) is 29.3 Å². The third-order valence-corrected chi connectivity index (χ3v) is 6.48. The van der Waals surface area contributed by atoms with Gasteiger partial charge in [0.15, 0.2) is 0 Å². The van der Waals surface area contributed by atoms with Crippen molar-refractivity contribution in [2.75, 3.05) is 6.54 Å². The average molecular weight is 435 g/mol. The van der Waals surface area contributed by atoms with Gasteiger partial charge in [0.25, 0.3) is 5.91 Å². The van der Waals surface area contributed by atoms with Crippen LogP contribution < -0.4 is 5.32 Å². The fraction of sp³-hybridized carbons (Fsp3) is 0.238. The Hall–Kier alpha value is -2.51. The molecular formula is C21H17ClF2N2O2S. The monoisotopic (exact) mass is 434 g/mol. The zero-order chi connectivity index (χ0) is 20.5. The van der Waals surface area contributed by atoms with Crippen LogP contribution in [0.1, 0.15) is 28.1 Å². The number of rotatable bonds is 6. The number of hydrogen-bond acceptors (Lipinski definition) is 3. The first-order valence-corrected chi connectivity index (χ1v) is 10.3. The lowest BCUT2D eigenvalue weighted by molar-refractivity contribution is -0.131. The topological polar surface area (TPSA) is 49.4 Å². The third-order valence-electron chi connectivity index (χ3n) is 4.81. The molecule has 1 aliphatic rings. The van der Waals surface area contributed by atoms with E-state index in [0.29, 0.717) is 9.90 Å². The molecule has 1 heterocycles. The van der Waals surface area contributed by atoms with Gasteiger partial charge in [-0.1, -0.05) is 35.9 Å². The van der Waals surface area contributed by atoms with Crippen molar-refractivity contribution in [3.05, 3.63) is 69.6 Å². The number of hydrogen-bond donors (Lipinski definition) is 1. The molecule has 1 aromatic heterocycles. The molecule has 0 atom stereocenters. The van der Waals surface area contributed by atoms with Crippen molar-refractivity contribution >= 4 is 44.8 Å². The second-order valence-corrected chi connectivity index (χ2v) is 8.34. The van der Waals surface area contributed by atoms with Gasteiger partial charge in [-0.05, 0) is 25.0 Å². The molecule has 0 aliphatic heterocycles. The van der Waals surface area contributed by atoms with Gasteiger partial charge in [0.05, 0.1) is 11.6 Å². The van der Waals surface area contributed by atoms with Crippen LogP contribution in [0.5, 0.6) is 0 Å². The summed E-state index contributed by atoms with van der Waals surface area (Å²) < 4.78 is 28.0. The Labute approximate surface area is 175 Å².